The first-order valence-electron chi connectivity index (χ1n) is 10.7. The van der Waals surface area contributed by atoms with Gasteiger partial charge in [-0.1, -0.05) is 36.4 Å². The minimum Gasteiger partial charge on any atom is -0.488 e. The minimum absolute atomic E-state index is 0. The van der Waals surface area contributed by atoms with Gasteiger partial charge >= 0.3 is 0 Å². The molecule has 2 aliphatic rings. The van der Waals surface area contributed by atoms with E-state index in [-0.39, 0.29) is 30.1 Å². The molecule has 2 aromatic rings. The Morgan fingerprint density at radius 1 is 1.20 bits per heavy atom. The van der Waals surface area contributed by atoms with Crippen molar-refractivity contribution in [2.75, 3.05) is 26.3 Å². The van der Waals surface area contributed by atoms with E-state index in [1.54, 1.807) is 0 Å². The summed E-state index contributed by atoms with van der Waals surface area (Å²) in [6.07, 6.45) is 2.23. The van der Waals surface area contributed by atoms with E-state index in [4.69, 9.17) is 14.5 Å². The number of aryl methyl sites for hydroxylation is 1. The molecule has 162 valence electrons. The normalized spacial score (nSPS) is 20.0. The van der Waals surface area contributed by atoms with E-state index >= 15 is 0 Å². The maximum atomic E-state index is 6.21. The lowest BCUT2D eigenvalue weighted by Gasteiger charge is -2.30. The Hall–Kier alpha value is -1.80. The van der Waals surface area contributed by atoms with E-state index in [2.05, 4.69) is 66.9 Å². The summed E-state index contributed by atoms with van der Waals surface area (Å²) in [7, 11) is 0. The average molecular weight is 521 g/mol. The molecule has 4 rings (SSSR count). The van der Waals surface area contributed by atoms with Crippen molar-refractivity contribution < 1.29 is 9.47 Å². The molecule has 0 aromatic heterocycles. The van der Waals surface area contributed by atoms with Gasteiger partial charge < -0.3 is 20.1 Å². The van der Waals surface area contributed by atoms with Crippen molar-refractivity contribution in [2.24, 2.45) is 4.99 Å². The van der Waals surface area contributed by atoms with Gasteiger partial charge in [-0.15, -0.1) is 24.0 Å². The highest BCUT2D eigenvalue weighted by molar-refractivity contribution is 14.0. The number of rotatable bonds is 7. The number of nitrogens with zero attached hydrogens (tertiary/aromatic N) is 1. The van der Waals surface area contributed by atoms with Gasteiger partial charge in [0.2, 0.25) is 0 Å². The fourth-order valence-corrected chi connectivity index (χ4v) is 3.96. The van der Waals surface area contributed by atoms with Gasteiger partial charge in [0.15, 0.2) is 5.96 Å². The molecule has 2 N–H and O–H groups in total. The molecule has 2 atom stereocenters. The molecule has 1 aliphatic heterocycles. The Kier molecular flexibility index (Phi) is 8.39. The average Bonchev–Trinajstić information content (AvgIpc) is 3.21. The van der Waals surface area contributed by atoms with Gasteiger partial charge in [0.25, 0.3) is 0 Å². The minimum atomic E-state index is 0. The Balaban J connectivity index is 0.00000256. The SMILES string of the molecule is CCNC(=NCc1ccc(C)cc1OC1CCOC1)NCC1Cc2ccccc21.I. The smallest absolute Gasteiger partial charge is 0.191 e. The molecule has 0 amide bonds. The van der Waals surface area contributed by atoms with E-state index in [9.17, 15) is 0 Å². The summed E-state index contributed by atoms with van der Waals surface area (Å²) in [5, 5.41) is 6.88. The van der Waals surface area contributed by atoms with Crippen molar-refractivity contribution in [1.29, 1.82) is 0 Å². The van der Waals surface area contributed by atoms with Crippen LogP contribution in [-0.2, 0) is 17.7 Å². The topological polar surface area (TPSA) is 54.9 Å². The van der Waals surface area contributed by atoms with Crippen LogP contribution in [0.5, 0.6) is 5.75 Å². The number of fused-ring (bicyclic) bond motifs is 1. The third kappa shape index (κ3) is 5.66. The highest BCUT2D eigenvalue weighted by Gasteiger charge is 2.25. The zero-order chi connectivity index (χ0) is 20.1. The van der Waals surface area contributed by atoms with E-state index in [1.807, 2.05) is 0 Å². The first-order chi connectivity index (χ1) is 14.2. The van der Waals surface area contributed by atoms with E-state index in [1.165, 1.54) is 16.7 Å². The fourth-order valence-electron chi connectivity index (χ4n) is 3.96. The largest absolute Gasteiger partial charge is 0.488 e. The number of ether oxygens (including phenoxy) is 2. The standard InChI is InChI=1S/C24H31N3O2.HI/c1-3-25-24(27-15-20-13-18-6-4-5-7-22(18)20)26-14-19-9-8-17(2)12-23(19)29-21-10-11-28-16-21;/h4-9,12,20-21H,3,10-11,13-16H2,1-2H3,(H2,25,26,27);1H. The van der Waals surface area contributed by atoms with Crippen molar-refractivity contribution in [1.82, 2.24) is 10.6 Å². The van der Waals surface area contributed by atoms with Gasteiger partial charge in [-0.25, -0.2) is 4.99 Å². The summed E-state index contributed by atoms with van der Waals surface area (Å²) in [6, 6.07) is 15.0. The van der Waals surface area contributed by atoms with Crippen LogP contribution in [0.25, 0.3) is 0 Å². The number of nitrogens with one attached hydrogen (secondary N) is 2. The van der Waals surface area contributed by atoms with Crippen molar-refractivity contribution >= 4 is 29.9 Å². The molecule has 6 heteroatoms. The molecule has 0 bridgehead atoms. The molecule has 1 heterocycles. The predicted molar refractivity (Wildman–Crippen MR) is 132 cm³/mol. The summed E-state index contributed by atoms with van der Waals surface area (Å²) in [5.74, 6) is 2.34. The summed E-state index contributed by atoms with van der Waals surface area (Å²) in [5.41, 5.74) is 5.23. The Morgan fingerprint density at radius 3 is 2.83 bits per heavy atom. The summed E-state index contributed by atoms with van der Waals surface area (Å²) >= 11 is 0. The first kappa shape index (κ1) is 22.9. The highest BCUT2D eigenvalue weighted by Crippen LogP contribution is 2.34. The van der Waals surface area contributed by atoms with Crippen LogP contribution in [0.1, 0.15) is 41.5 Å². The monoisotopic (exact) mass is 521 g/mol. The number of hydrogen-bond donors (Lipinski definition) is 2. The van der Waals surface area contributed by atoms with Crippen LogP contribution < -0.4 is 15.4 Å². The molecular weight excluding hydrogens is 489 g/mol. The Labute approximate surface area is 196 Å². The van der Waals surface area contributed by atoms with Gasteiger partial charge in [0.05, 0.1) is 19.8 Å². The molecule has 2 aromatic carbocycles. The van der Waals surface area contributed by atoms with Crippen LogP contribution in [0.3, 0.4) is 0 Å². The quantitative estimate of drug-likeness (QED) is 0.326. The molecule has 1 saturated heterocycles. The second-order valence-corrected chi connectivity index (χ2v) is 7.89. The second-order valence-electron chi connectivity index (χ2n) is 7.89. The predicted octanol–water partition coefficient (Wildman–Crippen LogP) is 4.18. The van der Waals surface area contributed by atoms with Crippen molar-refractivity contribution in [3.05, 3.63) is 64.7 Å². The molecule has 30 heavy (non-hydrogen) atoms. The lowest BCUT2D eigenvalue weighted by molar-refractivity contribution is 0.140. The molecule has 2 unspecified atom stereocenters. The molecule has 1 fully saturated rings. The molecular formula is C24H32IN3O2. The maximum Gasteiger partial charge on any atom is 0.191 e. The first-order valence-corrected chi connectivity index (χ1v) is 10.7. The lowest BCUT2D eigenvalue weighted by atomic mass is 9.78. The van der Waals surface area contributed by atoms with E-state index in [0.29, 0.717) is 19.1 Å². The van der Waals surface area contributed by atoms with Crippen LogP contribution in [0.4, 0.5) is 0 Å². The zero-order valence-electron chi connectivity index (χ0n) is 17.8. The van der Waals surface area contributed by atoms with E-state index in [0.717, 1.165) is 49.8 Å². The third-order valence-corrected chi connectivity index (χ3v) is 5.63. The number of aliphatic imine (C=N–C) groups is 1. The van der Waals surface area contributed by atoms with Crippen LogP contribution in [-0.4, -0.2) is 38.4 Å². The lowest BCUT2D eigenvalue weighted by Crippen LogP contribution is -2.41. The molecule has 0 spiro atoms. The van der Waals surface area contributed by atoms with Gasteiger partial charge in [-0.05, 0) is 43.0 Å². The van der Waals surface area contributed by atoms with Gasteiger partial charge in [-0.3, -0.25) is 0 Å². The van der Waals surface area contributed by atoms with E-state index < -0.39 is 0 Å². The van der Waals surface area contributed by atoms with Crippen LogP contribution in [0, 0.1) is 6.92 Å². The fraction of sp³-hybridized carbons (Fsp3) is 0.458. The van der Waals surface area contributed by atoms with Crippen LogP contribution in [0.2, 0.25) is 0 Å². The highest BCUT2D eigenvalue weighted by atomic mass is 127. The summed E-state index contributed by atoms with van der Waals surface area (Å²) in [6.45, 7) is 7.96. The number of halogens is 1. The van der Waals surface area contributed by atoms with Gasteiger partial charge in [0.1, 0.15) is 11.9 Å². The maximum absolute atomic E-state index is 6.21. The number of hydrogen-bond acceptors (Lipinski definition) is 3. The molecule has 0 radical (unpaired) electrons. The molecule has 0 saturated carbocycles. The van der Waals surface area contributed by atoms with Gasteiger partial charge in [-0.2, -0.15) is 0 Å². The Morgan fingerprint density at radius 2 is 2.07 bits per heavy atom. The second kappa shape index (κ2) is 11.0. The third-order valence-electron chi connectivity index (χ3n) is 5.63. The number of guanidine groups is 1. The van der Waals surface area contributed by atoms with Crippen LogP contribution in [0.15, 0.2) is 47.5 Å². The Bertz CT molecular complexity index is 865. The summed E-state index contributed by atoms with van der Waals surface area (Å²) in [4.78, 5) is 4.82. The zero-order valence-corrected chi connectivity index (χ0v) is 20.1. The van der Waals surface area contributed by atoms with Crippen LogP contribution >= 0.6 is 24.0 Å². The van der Waals surface area contributed by atoms with Crippen molar-refractivity contribution in [2.45, 2.75) is 45.3 Å². The van der Waals surface area contributed by atoms with Crippen molar-refractivity contribution in [3.63, 3.8) is 0 Å². The molecule has 5 nitrogen and oxygen atoms in total. The van der Waals surface area contributed by atoms with Crippen molar-refractivity contribution in [3.8, 4) is 5.75 Å². The number of benzene rings is 2. The van der Waals surface area contributed by atoms with Gasteiger partial charge in [0, 0.05) is 31.0 Å². The molecule has 1 aliphatic carbocycles. The summed E-state index contributed by atoms with van der Waals surface area (Å²) < 4.78 is 11.7.